The quantitative estimate of drug-likeness (QED) is 0.497. The van der Waals surface area contributed by atoms with Gasteiger partial charge in [-0.1, -0.05) is 24.3 Å². The fourth-order valence-electron chi connectivity index (χ4n) is 3.76. The van der Waals surface area contributed by atoms with Crippen LogP contribution in [0, 0.1) is 18.3 Å². The van der Waals surface area contributed by atoms with Gasteiger partial charge in [0.05, 0.1) is 17.1 Å². The van der Waals surface area contributed by atoms with Crippen molar-refractivity contribution in [3.63, 3.8) is 0 Å². The van der Waals surface area contributed by atoms with E-state index in [0.717, 1.165) is 16.3 Å². The van der Waals surface area contributed by atoms with Crippen molar-refractivity contribution in [1.82, 2.24) is 14.9 Å². The molecule has 4 rings (SSSR count). The number of aromatic nitrogens is 2. The maximum Gasteiger partial charge on any atom is 0.408 e. The molecule has 3 N–H and O–H groups in total. The highest BCUT2D eigenvalue weighted by Crippen LogP contribution is 2.38. The second-order valence-electron chi connectivity index (χ2n) is 7.24. The van der Waals surface area contributed by atoms with Crippen LogP contribution in [0.15, 0.2) is 48.4 Å². The van der Waals surface area contributed by atoms with Crippen LogP contribution in [0.25, 0.3) is 5.57 Å². The highest BCUT2D eigenvalue weighted by atomic mass is 16.4. The Morgan fingerprint density at radius 2 is 2.16 bits per heavy atom. The summed E-state index contributed by atoms with van der Waals surface area (Å²) in [5, 5.41) is 25.1. The minimum atomic E-state index is -1.19. The summed E-state index contributed by atoms with van der Waals surface area (Å²) in [5.41, 5.74) is 3.20. The highest BCUT2D eigenvalue weighted by Gasteiger charge is 2.31. The second kappa shape index (κ2) is 8.39. The van der Waals surface area contributed by atoms with Crippen LogP contribution in [-0.2, 0) is 4.79 Å². The standard InChI is InChI=1S/C22H21N7O3/c1-3-28-16-8-5-4-7-15(16)25-19(28)14(11-23)18-13(2)12-24-21(26-18)27-20(30)17-9-6-10-29(17)22(31)32/h4-9,12,17,25H,3,10H2,1-2H3,(H,31,32)(H,24,26,27,30)/t17-/m0/s1. The van der Waals surface area contributed by atoms with Crippen molar-refractivity contribution in [3.05, 3.63) is 59.7 Å². The summed E-state index contributed by atoms with van der Waals surface area (Å²) in [6.07, 6.45) is 3.46. The molecule has 32 heavy (non-hydrogen) atoms. The van der Waals surface area contributed by atoms with E-state index < -0.39 is 18.0 Å². The van der Waals surface area contributed by atoms with Crippen molar-refractivity contribution in [2.75, 3.05) is 28.6 Å². The van der Waals surface area contributed by atoms with E-state index in [0.29, 0.717) is 29.2 Å². The number of para-hydroxylation sites is 2. The number of hydrogen-bond donors (Lipinski definition) is 3. The highest BCUT2D eigenvalue weighted by molar-refractivity contribution is 5.97. The lowest BCUT2D eigenvalue weighted by atomic mass is 10.1. The number of nitrogens with one attached hydrogen (secondary N) is 2. The molecule has 10 nitrogen and oxygen atoms in total. The number of carbonyl (C=O) groups is 2. The molecular formula is C22H21N7O3. The molecule has 3 heterocycles. The molecule has 10 heteroatoms. The molecule has 2 amide bonds. The zero-order chi connectivity index (χ0) is 22.8. The number of benzene rings is 1. The lowest BCUT2D eigenvalue weighted by Crippen LogP contribution is -2.43. The van der Waals surface area contributed by atoms with Crippen LogP contribution in [0.1, 0.15) is 18.2 Å². The molecule has 0 fully saturated rings. The largest absolute Gasteiger partial charge is 0.465 e. The molecule has 0 bridgehead atoms. The van der Waals surface area contributed by atoms with Gasteiger partial charge < -0.3 is 15.3 Å². The molecule has 162 valence electrons. The van der Waals surface area contributed by atoms with Gasteiger partial charge in [0.2, 0.25) is 5.95 Å². The summed E-state index contributed by atoms with van der Waals surface area (Å²) < 4.78 is 0. The molecule has 0 aliphatic carbocycles. The van der Waals surface area contributed by atoms with Gasteiger partial charge in [0.1, 0.15) is 23.5 Å². The number of carbonyl (C=O) groups excluding carboxylic acids is 1. The van der Waals surface area contributed by atoms with Crippen LogP contribution < -0.4 is 15.5 Å². The Bertz CT molecular complexity index is 1200. The molecule has 1 atom stereocenters. The monoisotopic (exact) mass is 431 g/mol. The lowest BCUT2D eigenvalue weighted by Gasteiger charge is -2.21. The third-order valence-electron chi connectivity index (χ3n) is 5.30. The SMILES string of the molecule is CCN1C(=C(C#N)c2nc(NC(=O)[C@@H]3C=CCN3C(=O)O)ncc2C)Nc2ccccc21. The van der Waals surface area contributed by atoms with Crippen molar-refractivity contribution in [2.24, 2.45) is 0 Å². The van der Waals surface area contributed by atoms with Crippen molar-refractivity contribution >= 4 is 34.9 Å². The van der Waals surface area contributed by atoms with Crippen LogP contribution in [0.2, 0.25) is 0 Å². The minimum Gasteiger partial charge on any atom is -0.465 e. The molecule has 0 saturated carbocycles. The molecule has 2 aromatic rings. The zero-order valence-corrected chi connectivity index (χ0v) is 17.5. The maximum atomic E-state index is 12.6. The van der Waals surface area contributed by atoms with Crippen LogP contribution in [0.5, 0.6) is 0 Å². The number of rotatable bonds is 4. The van der Waals surface area contributed by atoms with E-state index in [-0.39, 0.29) is 12.5 Å². The summed E-state index contributed by atoms with van der Waals surface area (Å²) in [5.74, 6) is 0.0305. The van der Waals surface area contributed by atoms with E-state index in [1.54, 1.807) is 13.0 Å². The lowest BCUT2D eigenvalue weighted by molar-refractivity contribution is -0.118. The Balaban J connectivity index is 1.67. The third kappa shape index (κ3) is 3.60. The smallest absolute Gasteiger partial charge is 0.408 e. The number of aryl methyl sites for hydroxylation is 1. The first-order valence-electron chi connectivity index (χ1n) is 10.0. The first-order valence-corrected chi connectivity index (χ1v) is 10.0. The average molecular weight is 431 g/mol. The van der Waals surface area contributed by atoms with Gasteiger partial charge in [0, 0.05) is 19.3 Å². The molecule has 1 aromatic carbocycles. The predicted octanol–water partition coefficient (Wildman–Crippen LogP) is 2.79. The first kappa shape index (κ1) is 20.9. The molecule has 0 radical (unpaired) electrons. The molecule has 0 spiro atoms. The summed E-state index contributed by atoms with van der Waals surface area (Å²) >= 11 is 0. The third-order valence-corrected chi connectivity index (χ3v) is 5.30. The Morgan fingerprint density at radius 3 is 2.88 bits per heavy atom. The first-order chi connectivity index (χ1) is 15.4. The average Bonchev–Trinajstić information content (AvgIpc) is 3.41. The van der Waals surface area contributed by atoms with E-state index in [4.69, 9.17) is 0 Å². The van der Waals surface area contributed by atoms with Crippen molar-refractivity contribution in [1.29, 1.82) is 5.26 Å². The normalized spacial score (nSPS) is 18.1. The Hall–Kier alpha value is -4.39. The fraction of sp³-hybridized carbons (Fsp3) is 0.227. The number of amides is 2. The van der Waals surface area contributed by atoms with Crippen molar-refractivity contribution < 1.29 is 14.7 Å². The van der Waals surface area contributed by atoms with E-state index in [1.807, 2.05) is 36.1 Å². The fourth-order valence-corrected chi connectivity index (χ4v) is 3.76. The molecule has 0 saturated heterocycles. The van der Waals surface area contributed by atoms with Gasteiger partial charge >= 0.3 is 6.09 Å². The maximum absolute atomic E-state index is 12.6. The number of hydrogen-bond acceptors (Lipinski definition) is 7. The van der Waals surface area contributed by atoms with E-state index in [1.165, 1.54) is 12.3 Å². The van der Waals surface area contributed by atoms with Crippen molar-refractivity contribution in [3.8, 4) is 6.07 Å². The topological polar surface area (TPSA) is 134 Å². The Kier molecular flexibility index (Phi) is 5.47. The van der Waals surface area contributed by atoms with E-state index >= 15 is 0 Å². The molecule has 0 unspecified atom stereocenters. The van der Waals surface area contributed by atoms with E-state index in [9.17, 15) is 20.0 Å². The van der Waals surface area contributed by atoms with Gasteiger partial charge in [0.25, 0.3) is 5.91 Å². The van der Waals surface area contributed by atoms with Gasteiger partial charge in [-0.25, -0.2) is 14.8 Å². The Labute approximate surface area is 184 Å². The summed E-state index contributed by atoms with van der Waals surface area (Å²) in [4.78, 5) is 35.5. The second-order valence-corrected chi connectivity index (χ2v) is 7.24. The number of allylic oxidation sites excluding steroid dienone is 1. The van der Waals surface area contributed by atoms with Gasteiger partial charge in [-0.05, 0) is 31.5 Å². The molecule has 2 aliphatic rings. The van der Waals surface area contributed by atoms with Crippen molar-refractivity contribution in [2.45, 2.75) is 19.9 Å². The van der Waals surface area contributed by atoms with Gasteiger partial charge in [0.15, 0.2) is 0 Å². The zero-order valence-electron chi connectivity index (χ0n) is 17.5. The Morgan fingerprint density at radius 1 is 1.38 bits per heavy atom. The van der Waals surface area contributed by atoms with Crippen LogP contribution >= 0.6 is 0 Å². The van der Waals surface area contributed by atoms with E-state index in [2.05, 4.69) is 26.7 Å². The summed E-state index contributed by atoms with van der Waals surface area (Å²) in [6.45, 7) is 4.54. The van der Waals surface area contributed by atoms with Gasteiger partial charge in [-0.2, -0.15) is 5.26 Å². The van der Waals surface area contributed by atoms with Crippen LogP contribution in [-0.4, -0.2) is 51.1 Å². The number of anilines is 3. The number of nitriles is 1. The molecule has 2 aliphatic heterocycles. The number of carboxylic acid groups (broad SMARTS) is 1. The predicted molar refractivity (Wildman–Crippen MR) is 119 cm³/mol. The summed E-state index contributed by atoms with van der Waals surface area (Å²) in [7, 11) is 0. The molecule has 1 aromatic heterocycles. The van der Waals surface area contributed by atoms with Crippen LogP contribution in [0.3, 0.4) is 0 Å². The van der Waals surface area contributed by atoms with Crippen LogP contribution in [0.4, 0.5) is 22.1 Å². The van der Waals surface area contributed by atoms with Gasteiger partial charge in [-0.3, -0.25) is 15.0 Å². The number of nitrogens with zero attached hydrogens (tertiary/aromatic N) is 5. The summed E-state index contributed by atoms with van der Waals surface area (Å²) in [6, 6.07) is 9.01. The number of fused-ring (bicyclic) bond motifs is 1. The minimum absolute atomic E-state index is 0.00634. The van der Waals surface area contributed by atoms with Gasteiger partial charge in [-0.15, -0.1) is 0 Å². The molecular weight excluding hydrogens is 410 g/mol.